The molecular formula is C7H9N3O3. The smallest absolute Gasteiger partial charge is 0.321 e. The zero-order valence-corrected chi connectivity index (χ0v) is 6.75. The zero-order chi connectivity index (χ0) is 9.84. The molecule has 0 fully saturated rings. The Hall–Kier alpha value is -1.69. The van der Waals surface area contributed by atoms with E-state index in [4.69, 9.17) is 10.8 Å². The molecule has 13 heavy (non-hydrogen) atoms. The van der Waals surface area contributed by atoms with Gasteiger partial charge in [-0.25, -0.2) is 4.98 Å². The third-order valence-corrected chi connectivity index (χ3v) is 1.50. The predicted octanol–water partition coefficient (Wildman–Crippen LogP) is -0.675. The lowest BCUT2D eigenvalue weighted by molar-refractivity contribution is -0.138. The van der Waals surface area contributed by atoms with Crippen LogP contribution in [-0.4, -0.2) is 32.6 Å². The molecule has 6 nitrogen and oxygen atoms in total. The van der Waals surface area contributed by atoms with Crippen LogP contribution in [0.2, 0.25) is 0 Å². The van der Waals surface area contributed by atoms with Crippen LogP contribution >= 0.6 is 0 Å². The summed E-state index contributed by atoms with van der Waals surface area (Å²) in [6.45, 7) is 0. The number of hydrogen-bond acceptors (Lipinski definition) is 4. The molecule has 1 unspecified atom stereocenters. The van der Waals surface area contributed by atoms with Gasteiger partial charge in [-0.2, -0.15) is 0 Å². The van der Waals surface area contributed by atoms with Crippen molar-refractivity contribution in [2.24, 2.45) is 5.73 Å². The molecule has 1 aromatic rings. The molecule has 0 bridgehead atoms. The predicted molar refractivity (Wildman–Crippen MR) is 43.1 cm³/mol. The number of imidazole rings is 1. The van der Waals surface area contributed by atoms with E-state index in [2.05, 4.69) is 4.98 Å². The quantitative estimate of drug-likeness (QED) is 0.647. The van der Waals surface area contributed by atoms with Gasteiger partial charge in [-0.1, -0.05) is 0 Å². The molecule has 3 N–H and O–H groups in total. The van der Waals surface area contributed by atoms with Gasteiger partial charge < -0.3 is 10.8 Å². The van der Waals surface area contributed by atoms with E-state index in [1.165, 1.54) is 23.3 Å². The Morgan fingerprint density at radius 1 is 1.62 bits per heavy atom. The van der Waals surface area contributed by atoms with Crippen molar-refractivity contribution in [2.75, 3.05) is 0 Å². The third kappa shape index (κ3) is 2.38. The highest BCUT2D eigenvalue weighted by Gasteiger charge is 2.16. The maximum absolute atomic E-state index is 11.2. The Balaban J connectivity index is 2.56. The lowest BCUT2D eigenvalue weighted by Gasteiger charge is -2.04. The van der Waals surface area contributed by atoms with Gasteiger partial charge in [0.15, 0.2) is 0 Å². The molecule has 0 aliphatic heterocycles. The van der Waals surface area contributed by atoms with Crippen LogP contribution in [0.5, 0.6) is 0 Å². The van der Waals surface area contributed by atoms with E-state index in [0.29, 0.717) is 0 Å². The summed E-state index contributed by atoms with van der Waals surface area (Å²) in [5.74, 6) is -1.57. The Morgan fingerprint density at radius 2 is 2.31 bits per heavy atom. The first-order valence-corrected chi connectivity index (χ1v) is 3.61. The average molecular weight is 183 g/mol. The number of carbonyl (C=O) groups is 2. The van der Waals surface area contributed by atoms with Gasteiger partial charge in [0.1, 0.15) is 12.4 Å². The molecule has 1 rings (SSSR count). The number of nitrogens with zero attached hydrogens (tertiary/aromatic N) is 2. The highest BCUT2D eigenvalue weighted by molar-refractivity contribution is 5.85. The molecule has 1 aromatic heterocycles. The van der Waals surface area contributed by atoms with Crippen molar-refractivity contribution in [1.82, 2.24) is 9.55 Å². The Kier molecular flexibility index (Phi) is 2.76. The normalized spacial score (nSPS) is 12.4. The molecule has 70 valence electrons. The van der Waals surface area contributed by atoms with Crippen LogP contribution < -0.4 is 5.73 Å². The number of rotatable bonds is 3. The van der Waals surface area contributed by atoms with E-state index in [-0.39, 0.29) is 12.3 Å². The van der Waals surface area contributed by atoms with Gasteiger partial charge in [-0.15, -0.1) is 0 Å². The van der Waals surface area contributed by atoms with Gasteiger partial charge in [-0.3, -0.25) is 14.2 Å². The van der Waals surface area contributed by atoms with Gasteiger partial charge in [0.2, 0.25) is 5.91 Å². The van der Waals surface area contributed by atoms with Crippen molar-refractivity contribution in [3.63, 3.8) is 0 Å². The number of carboxylic acids is 1. The van der Waals surface area contributed by atoms with Crippen molar-refractivity contribution in [3.8, 4) is 0 Å². The maximum Gasteiger partial charge on any atom is 0.321 e. The summed E-state index contributed by atoms with van der Waals surface area (Å²) in [5, 5.41) is 8.43. The molecule has 1 heterocycles. The second kappa shape index (κ2) is 3.81. The van der Waals surface area contributed by atoms with Gasteiger partial charge in [0, 0.05) is 12.4 Å². The fraction of sp³-hybridized carbons (Fsp3) is 0.286. The topological polar surface area (TPSA) is 98.2 Å². The van der Waals surface area contributed by atoms with Crippen molar-refractivity contribution in [1.29, 1.82) is 0 Å². The van der Waals surface area contributed by atoms with Crippen LogP contribution in [0.15, 0.2) is 18.7 Å². The zero-order valence-electron chi connectivity index (χ0n) is 6.75. The molecular weight excluding hydrogens is 174 g/mol. The van der Waals surface area contributed by atoms with Crippen molar-refractivity contribution < 1.29 is 14.7 Å². The summed E-state index contributed by atoms with van der Waals surface area (Å²) >= 11 is 0. The van der Waals surface area contributed by atoms with Crippen LogP contribution in [-0.2, 0) is 4.79 Å². The SMILES string of the molecule is NC(CC(=O)n1ccnc1)C(=O)O. The van der Waals surface area contributed by atoms with Crippen LogP contribution in [0, 0.1) is 0 Å². The van der Waals surface area contributed by atoms with E-state index in [1.807, 2.05) is 0 Å². The second-order valence-electron chi connectivity index (χ2n) is 2.51. The van der Waals surface area contributed by atoms with E-state index in [0.717, 1.165) is 0 Å². The molecule has 0 radical (unpaired) electrons. The lowest BCUT2D eigenvalue weighted by Crippen LogP contribution is -2.33. The highest BCUT2D eigenvalue weighted by Crippen LogP contribution is 1.94. The minimum absolute atomic E-state index is 0.230. The second-order valence-corrected chi connectivity index (χ2v) is 2.51. The fourth-order valence-corrected chi connectivity index (χ4v) is 0.787. The summed E-state index contributed by atoms with van der Waals surface area (Å²) in [5.41, 5.74) is 5.17. The van der Waals surface area contributed by atoms with Gasteiger partial charge in [0.05, 0.1) is 6.42 Å². The number of carbonyl (C=O) groups excluding carboxylic acids is 1. The third-order valence-electron chi connectivity index (χ3n) is 1.50. The molecule has 6 heteroatoms. The largest absolute Gasteiger partial charge is 0.480 e. The Labute approximate surface area is 74.0 Å². The van der Waals surface area contributed by atoms with Crippen LogP contribution in [0.1, 0.15) is 11.2 Å². The standard InChI is InChI=1S/C7H9N3O3/c8-5(7(12)13)3-6(11)10-2-1-9-4-10/h1-2,4-5H,3,8H2,(H,12,13). The Morgan fingerprint density at radius 3 is 2.77 bits per heavy atom. The number of aromatic nitrogens is 2. The molecule has 0 aliphatic rings. The van der Waals surface area contributed by atoms with Crippen molar-refractivity contribution in [2.45, 2.75) is 12.5 Å². The molecule has 0 amide bonds. The van der Waals surface area contributed by atoms with Crippen LogP contribution in [0.4, 0.5) is 0 Å². The van der Waals surface area contributed by atoms with E-state index < -0.39 is 12.0 Å². The van der Waals surface area contributed by atoms with Gasteiger partial charge in [-0.05, 0) is 0 Å². The van der Waals surface area contributed by atoms with Crippen LogP contribution in [0.3, 0.4) is 0 Å². The molecule has 1 atom stereocenters. The molecule has 0 spiro atoms. The molecule has 0 saturated heterocycles. The summed E-state index contributed by atoms with van der Waals surface area (Å²) in [4.78, 5) is 25.2. The average Bonchev–Trinajstić information content (AvgIpc) is 2.55. The first kappa shape index (κ1) is 9.40. The maximum atomic E-state index is 11.2. The number of hydrogen-bond donors (Lipinski definition) is 2. The summed E-state index contributed by atoms with van der Waals surface area (Å²) in [6.07, 6.45) is 3.95. The lowest BCUT2D eigenvalue weighted by atomic mass is 10.2. The number of aliphatic carboxylic acids is 1. The Bertz CT molecular complexity index is 307. The summed E-state index contributed by atoms with van der Waals surface area (Å²) < 4.78 is 1.20. The molecule has 0 aromatic carbocycles. The monoisotopic (exact) mass is 183 g/mol. The highest BCUT2D eigenvalue weighted by atomic mass is 16.4. The van der Waals surface area contributed by atoms with Crippen LogP contribution in [0.25, 0.3) is 0 Å². The van der Waals surface area contributed by atoms with Gasteiger partial charge in [0.25, 0.3) is 0 Å². The number of nitrogens with two attached hydrogens (primary N) is 1. The van der Waals surface area contributed by atoms with Crippen molar-refractivity contribution >= 4 is 11.9 Å². The minimum Gasteiger partial charge on any atom is -0.480 e. The van der Waals surface area contributed by atoms with E-state index >= 15 is 0 Å². The first-order valence-electron chi connectivity index (χ1n) is 3.61. The fourth-order valence-electron chi connectivity index (χ4n) is 0.787. The molecule has 0 saturated carbocycles. The first-order chi connectivity index (χ1) is 6.11. The summed E-state index contributed by atoms with van der Waals surface area (Å²) in [7, 11) is 0. The van der Waals surface area contributed by atoms with E-state index in [9.17, 15) is 9.59 Å². The van der Waals surface area contributed by atoms with E-state index in [1.54, 1.807) is 0 Å². The minimum atomic E-state index is -1.19. The molecule has 0 aliphatic carbocycles. The summed E-state index contributed by atoms with van der Waals surface area (Å²) in [6, 6.07) is -1.16. The van der Waals surface area contributed by atoms with Gasteiger partial charge >= 0.3 is 5.97 Å². The van der Waals surface area contributed by atoms with Crippen molar-refractivity contribution in [3.05, 3.63) is 18.7 Å². The number of carboxylic acid groups (broad SMARTS) is 1.